The van der Waals surface area contributed by atoms with Crippen LogP contribution in [0.25, 0.3) is 0 Å². The lowest BCUT2D eigenvalue weighted by atomic mass is 9.86. The molecule has 1 aliphatic carbocycles. The molecule has 0 aromatic heterocycles. The Morgan fingerprint density at radius 3 is 2.58 bits per heavy atom. The average molecular weight is 337 g/mol. The van der Waals surface area contributed by atoms with E-state index in [2.05, 4.69) is 19.6 Å². The van der Waals surface area contributed by atoms with E-state index in [1.165, 1.54) is 12.8 Å². The lowest BCUT2D eigenvalue weighted by Gasteiger charge is -2.26. The minimum absolute atomic E-state index is 0.394. The molecule has 1 fully saturated rings. The summed E-state index contributed by atoms with van der Waals surface area (Å²) in [6, 6.07) is 0. The van der Waals surface area contributed by atoms with Gasteiger partial charge in [-0.3, -0.25) is 0 Å². The van der Waals surface area contributed by atoms with Gasteiger partial charge in [-0.05, 0) is 56.6 Å². The molecule has 0 spiro atoms. The summed E-state index contributed by atoms with van der Waals surface area (Å²) in [4.78, 5) is 0. The van der Waals surface area contributed by atoms with Crippen LogP contribution >= 0.6 is 0 Å². The number of allylic oxidation sites excluding steroid dienone is 3. The van der Waals surface area contributed by atoms with Crippen LogP contribution in [0, 0.1) is 5.92 Å². The van der Waals surface area contributed by atoms with Crippen LogP contribution in [0.15, 0.2) is 36.0 Å². The predicted molar refractivity (Wildman–Crippen MR) is 101 cm³/mol. The molecule has 0 heterocycles. The molecule has 1 rings (SSSR count). The van der Waals surface area contributed by atoms with Gasteiger partial charge in [-0.25, -0.2) is 0 Å². The van der Waals surface area contributed by atoms with Crippen LogP contribution in [0.3, 0.4) is 0 Å². The highest BCUT2D eigenvalue weighted by molar-refractivity contribution is 5.37. The number of rotatable bonds is 9. The molecule has 1 saturated carbocycles. The summed E-state index contributed by atoms with van der Waals surface area (Å²) in [5, 5.41) is 29.2. The van der Waals surface area contributed by atoms with Gasteiger partial charge in [-0.1, -0.05) is 51.0 Å². The number of unbranched alkanes of at least 4 members (excludes halogenated alkanes) is 1. The molecule has 3 atom stereocenters. The first-order valence-corrected chi connectivity index (χ1v) is 9.32. The highest BCUT2D eigenvalue weighted by atomic mass is 16.3. The van der Waals surface area contributed by atoms with E-state index in [-0.39, 0.29) is 0 Å². The maximum absolute atomic E-state index is 9.80. The summed E-state index contributed by atoms with van der Waals surface area (Å²) in [6.45, 7) is 9.94. The molecule has 0 saturated heterocycles. The van der Waals surface area contributed by atoms with Gasteiger partial charge in [-0.2, -0.15) is 0 Å². The molecule has 24 heavy (non-hydrogen) atoms. The summed E-state index contributed by atoms with van der Waals surface area (Å²) in [5.41, 5.74) is 1.16. The van der Waals surface area contributed by atoms with Crippen molar-refractivity contribution in [1.82, 2.24) is 0 Å². The number of aliphatic hydroxyl groups is 3. The Balaban J connectivity index is 2.21. The Kier molecular flexibility index (Phi) is 8.96. The van der Waals surface area contributed by atoms with Crippen molar-refractivity contribution >= 4 is 0 Å². The Morgan fingerprint density at radius 1 is 1.25 bits per heavy atom. The third-order valence-corrected chi connectivity index (χ3v) is 4.75. The van der Waals surface area contributed by atoms with Crippen molar-refractivity contribution in [2.24, 2.45) is 5.92 Å². The molecule has 3 nitrogen and oxygen atoms in total. The zero-order valence-electron chi connectivity index (χ0n) is 15.7. The van der Waals surface area contributed by atoms with Gasteiger partial charge < -0.3 is 15.3 Å². The summed E-state index contributed by atoms with van der Waals surface area (Å²) in [7, 11) is 0. The van der Waals surface area contributed by atoms with E-state index in [0.717, 1.165) is 36.8 Å². The van der Waals surface area contributed by atoms with E-state index in [0.29, 0.717) is 18.8 Å². The van der Waals surface area contributed by atoms with E-state index >= 15 is 0 Å². The summed E-state index contributed by atoms with van der Waals surface area (Å²) >= 11 is 0. The zero-order valence-corrected chi connectivity index (χ0v) is 15.7. The normalized spacial score (nSPS) is 25.6. The van der Waals surface area contributed by atoms with Crippen LogP contribution in [-0.2, 0) is 0 Å². The molecular weight excluding hydrogens is 300 g/mol. The van der Waals surface area contributed by atoms with Crippen LogP contribution in [0.4, 0.5) is 0 Å². The highest BCUT2D eigenvalue weighted by Gasteiger charge is 2.24. The molecule has 1 aliphatic rings. The second-order valence-electron chi connectivity index (χ2n) is 8.00. The maximum Gasteiger partial charge on any atom is 0.0811 e. The number of hydrogen-bond acceptors (Lipinski definition) is 3. The fourth-order valence-corrected chi connectivity index (χ4v) is 3.15. The second-order valence-corrected chi connectivity index (χ2v) is 8.00. The predicted octanol–water partition coefficient (Wildman–Crippen LogP) is 4.29. The van der Waals surface area contributed by atoms with E-state index in [9.17, 15) is 15.3 Å². The summed E-state index contributed by atoms with van der Waals surface area (Å²) in [6.07, 6.45) is 12.6. The van der Waals surface area contributed by atoms with Crippen molar-refractivity contribution < 1.29 is 15.3 Å². The number of hydrogen-bond donors (Lipinski definition) is 3. The molecule has 3 N–H and O–H groups in total. The SMILES string of the molecule is C=C1/C(=C\C=C\CCC[C@@H](C)CCCC(C)(C)O)C[C@H](O)C[C@@H]1O. The maximum atomic E-state index is 9.80. The third-order valence-electron chi connectivity index (χ3n) is 4.75. The highest BCUT2D eigenvalue weighted by Crippen LogP contribution is 2.28. The van der Waals surface area contributed by atoms with E-state index in [1.807, 2.05) is 26.0 Å². The van der Waals surface area contributed by atoms with Crippen LogP contribution in [-0.4, -0.2) is 33.1 Å². The van der Waals surface area contributed by atoms with Gasteiger partial charge in [0.05, 0.1) is 17.8 Å². The second kappa shape index (κ2) is 10.2. The van der Waals surface area contributed by atoms with Crippen LogP contribution in [0.5, 0.6) is 0 Å². The van der Waals surface area contributed by atoms with Gasteiger partial charge in [-0.15, -0.1) is 0 Å². The summed E-state index contributed by atoms with van der Waals surface area (Å²) in [5.74, 6) is 0.697. The molecule has 0 unspecified atom stereocenters. The van der Waals surface area contributed by atoms with Gasteiger partial charge in [0.25, 0.3) is 0 Å². The molecule has 0 aromatic carbocycles. The van der Waals surface area contributed by atoms with Gasteiger partial charge >= 0.3 is 0 Å². The first-order chi connectivity index (χ1) is 11.2. The molecule has 0 radical (unpaired) electrons. The topological polar surface area (TPSA) is 60.7 Å². The summed E-state index contributed by atoms with van der Waals surface area (Å²) < 4.78 is 0. The van der Waals surface area contributed by atoms with E-state index in [4.69, 9.17) is 0 Å². The van der Waals surface area contributed by atoms with Gasteiger partial charge in [0, 0.05) is 6.42 Å². The minimum atomic E-state index is -0.613. The fraction of sp³-hybridized carbons (Fsp3) is 0.714. The quantitative estimate of drug-likeness (QED) is 0.551. The lowest BCUT2D eigenvalue weighted by molar-refractivity contribution is 0.0669. The first-order valence-electron chi connectivity index (χ1n) is 9.32. The van der Waals surface area contributed by atoms with Gasteiger partial charge in [0.2, 0.25) is 0 Å². The Morgan fingerprint density at radius 2 is 1.92 bits per heavy atom. The van der Waals surface area contributed by atoms with Crippen LogP contribution < -0.4 is 0 Å². The largest absolute Gasteiger partial charge is 0.393 e. The molecule has 0 amide bonds. The monoisotopic (exact) mass is 336 g/mol. The van der Waals surface area contributed by atoms with Crippen LogP contribution in [0.2, 0.25) is 0 Å². The molecule has 0 aromatic rings. The van der Waals surface area contributed by atoms with Gasteiger partial charge in [0.15, 0.2) is 0 Å². The average Bonchev–Trinajstić information content (AvgIpc) is 2.46. The molecule has 0 bridgehead atoms. The van der Waals surface area contributed by atoms with Crippen molar-refractivity contribution in [3.63, 3.8) is 0 Å². The molecular formula is C21H36O3. The zero-order chi connectivity index (χ0) is 18.2. The van der Waals surface area contributed by atoms with Crippen molar-refractivity contribution in [2.75, 3.05) is 0 Å². The fourth-order valence-electron chi connectivity index (χ4n) is 3.15. The third kappa shape index (κ3) is 8.81. The van der Waals surface area contributed by atoms with E-state index < -0.39 is 17.8 Å². The van der Waals surface area contributed by atoms with Crippen molar-refractivity contribution in [1.29, 1.82) is 0 Å². The smallest absolute Gasteiger partial charge is 0.0811 e. The van der Waals surface area contributed by atoms with Crippen LogP contribution in [0.1, 0.15) is 72.1 Å². The van der Waals surface area contributed by atoms with Crippen molar-refractivity contribution in [3.8, 4) is 0 Å². The Hall–Kier alpha value is -0.900. The molecule has 3 heteroatoms. The number of aliphatic hydroxyl groups excluding tert-OH is 2. The Bertz CT molecular complexity index is 442. The van der Waals surface area contributed by atoms with E-state index in [1.54, 1.807) is 0 Å². The molecule has 0 aliphatic heterocycles. The first kappa shape index (κ1) is 21.1. The van der Waals surface area contributed by atoms with Crippen molar-refractivity contribution in [2.45, 2.75) is 89.9 Å². The standard InChI is InChI=1S/C21H36O3/c1-16(11-9-13-21(3,4)24)10-7-5-6-8-12-18-14-19(22)15-20(23)17(18)2/h6,8,12,16,19-20,22-24H,2,5,7,9-11,13-15H2,1,3-4H3/b8-6+,18-12-/t16-,19+,20+/m1/s1. The lowest BCUT2D eigenvalue weighted by Crippen LogP contribution is -2.26. The Labute approximate surface area is 147 Å². The van der Waals surface area contributed by atoms with Gasteiger partial charge in [0.1, 0.15) is 0 Å². The molecule has 138 valence electrons. The van der Waals surface area contributed by atoms with Crippen molar-refractivity contribution in [3.05, 3.63) is 36.0 Å². The minimum Gasteiger partial charge on any atom is -0.393 e.